The molecule has 0 saturated heterocycles. The maximum atomic E-state index is 6.20. The Kier molecular flexibility index (Phi) is 10.3. The summed E-state index contributed by atoms with van der Waals surface area (Å²) < 4.78 is 8.82. The lowest BCUT2D eigenvalue weighted by Crippen LogP contribution is -2.28. The zero-order valence-corrected chi connectivity index (χ0v) is 42.2. The number of hydrogen-bond donors (Lipinski definition) is 0. The van der Waals surface area contributed by atoms with Crippen LogP contribution in [0.3, 0.4) is 0 Å². The van der Waals surface area contributed by atoms with Gasteiger partial charge in [0.2, 0.25) is 0 Å². The third kappa shape index (κ3) is 7.08. The van der Waals surface area contributed by atoms with E-state index >= 15 is 0 Å². The lowest BCUT2D eigenvalue weighted by molar-refractivity contribution is 0.669. The molecule has 2 nitrogen and oxygen atoms in total. The molecule has 14 aromatic rings. The Balaban J connectivity index is 0.835. The van der Waals surface area contributed by atoms with Crippen molar-refractivity contribution in [1.82, 2.24) is 0 Å². The van der Waals surface area contributed by atoms with Crippen molar-refractivity contribution in [2.75, 3.05) is 4.90 Å². The average molecular weight is 986 g/mol. The molecule has 0 atom stereocenters. The molecule has 15 rings (SSSR count). The first-order valence-corrected chi connectivity index (χ1v) is 26.9. The lowest BCUT2D eigenvalue weighted by atomic mass is 9.67. The second kappa shape index (κ2) is 17.8. The molecule has 1 aliphatic rings. The number of rotatable bonds is 9. The van der Waals surface area contributed by atoms with E-state index in [-0.39, 0.29) is 0 Å². The number of thiophene rings is 1. The number of furan rings is 1. The van der Waals surface area contributed by atoms with Crippen LogP contribution in [-0.4, -0.2) is 0 Å². The van der Waals surface area contributed by atoms with E-state index in [4.69, 9.17) is 4.42 Å². The highest BCUT2D eigenvalue weighted by molar-refractivity contribution is 7.25. The fourth-order valence-corrected chi connectivity index (χ4v) is 13.4. The predicted molar refractivity (Wildman–Crippen MR) is 320 cm³/mol. The molecule has 0 N–H and O–H groups in total. The van der Waals surface area contributed by atoms with E-state index < -0.39 is 5.41 Å². The fourth-order valence-electron chi connectivity index (χ4n) is 12.3. The van der Waals surface area contributed by atoms with Crippen molar-refractivity contribution in [2.45, 2.75) is 5.41 Å². The van der Waals surface area contributed by atoms with E-state index in [9.17, 15) is 0 Å². The Morgan fingerprint density at radius 1 is 0.289 bits per heavy atom. The first kappa shape index (κ1) is 44.0. The van der Waals surface area contributed by atoms with Crippen LogP contribution < -0.4 is 4.90 Å². The van der Waals surface area contributed by atoms with Crippen LogP contribution in [0.1, 0.15) is 22.3 Å². The summed E-state index contributed by atoms with van der Waals surface area (Å²) in [6, 6.07) is 105. The van der Waals surface area contributed by atoms with Crippen LogP contribution in [0, 0.1) is 0 Å². The van der Waals surface area contributed by atoms with Gasteiger partial charge in [-0.15, -0.1) is 11.3 Å². The second-order valence-corrected chi connectivity index (χ2v) is 21.0. The summed E-state index contributed by atoms with van der Waals surface area (Å²) >= 11 is 1.86. The van der Waals surface area contributed by atoms with Crippen LogP contribution in [0.15, 0.2) is 290 Å². The molecule has 0 spiro atoms. The molecule has 356 valence electrons. The highest BCUT2D eigenvalue weighted by Gasteiger charge is 2.46. The van der Waals surface area contributed by atoms with Gasteiger partial charge in [-0.05, 0) is 145 Å². The fraction of sp³-hybridized carbons (Fsp3) is 0.0137. The molecule has 3 heteroatoms. The molecule has 76 heavy (non-hydrogen) atoms. The molecule has 0 radical (unpaired) electrons. The number of para-hydroxylation sites is 2. The smallest absolute Gasteiger partial charge is 0.135 e. The molecule has 0 aliphatic heterocycles. The van der Waals surface area contributed by atoms with Gasteiger partial charge < -0.3 is 9.32 Å². The number of anilines is 3. The van der Waals surface area contributed by atoms with Crippen molar-refractivity contribution in [1.29, 1.82) is 0 Å². The van der Waals surface area contributed by atoms with Gasteiger partial charge in [0.15, 0.2) is 0 Å². The van der Waals surface area contributed by atoms with Gasteiger partial charge in [0.25, 0.3) is 0 Å². The number of nitrogens with zero attached hydrogens (tertiary/aromatic N) is 1. The Morgan fingerprint density at radius 2 is 0.816 bits per heavy atom. The Morgan fingerprint density at radius 3 is 1.58 bits per heavy atom. The third-order valence-corrected chi connectivity index (χ3v) is 16.9. The van der Waals surface area contributed by atoms with Gasteiger partial charge >= 0.3 is 0 Å². The number of benzene rings is 12. The van der Waals surface area contributed by atoms with Gasteiger partial charge in [-0.1, -0.05) is 212 Å². The van der Waals surface area contributed by atoms with E-state index in [0.717, 1.165) is 61.3 Å². The van der Waals surface area contributed by atoms with E-state index in [0.29, 0.717) is 0 Å². The summed E-state index contributed by atoms with van der Waals surface area (Å²) in [5.41, 5.74) is 21.6. The van der Waals surface area contributed by atoms with Crippen LogP contribution in [-0.2, 0) is 5.41 Å². The number of fused-ring (bicyclic) bond motifs is 9. The molecule has 0 fully saturated rings. The minimum Gasteiger partial charge on any atom is -0.456 e. The summed E-state index contributed by atoms with van der Waals surface area (Å²) in [5, 5.41) is 4.88. The summed E-state index contributed by atoms with van der Waals surface area (Å²) in [4.78, 5) is 2.41. The SMILES string of the molecule is c1ccc(C2(c3ccccc3)c3ccccc3-c3cc(-c4cccc(-c5ccccc5N(c5ccc(-c6ccc7c(c6)sc6ccccc67)cc5)c5ccc(-c6ccc7oc8ccccc8c7c6)cc5)c4)ccc32)cc1. The van der Waals surface area contributed by atoms with Crippen molar-refractivity contribution in [3.8, 4) is 55.6 Å². The second-order valence-electron chi connectivity index (χ2n) is 19.9. The summed E-state index contributed by atoms with van der Waals surface area (Å²) in [6.45, 7) is 0. The topological polar surface area (TPSA) is 16.4 Å². The Hall–Kier alpha value is -9.54. The van der Waals surface area contributed by atoms with Gasteiger partial charge in [0.05, 0.1) is 11.1 Å². The Bertz CT molecular complexity index is 4470. The molecule has 1 aliphatic carbocycles. The van der Waals surface area contributed by atoms with Crippen molar-refractivity contribution >= 4 is 70.5 Å². The summed E-state index contributed by atoms with van der Waals surface area (Å²) in [5.74, 6) is 0. The van der Waals surface area contributed by atoms with Crippen LogP contribution in [0.2, 0.25) is 0 Å². The highest BCUT2D eigenvalue weighted by Crippen LogP contribution is 2.57. The molecular weight excluding hydrogens is 939 g/mol. The molecule has 0 saturated carbocycles. The molecule has 12 aromatic carbocycles. The van der Waals surface area contributed by atoms with Crippen molar-refractivity contribution in [3.05, 3.63) is 307 Å². The normalized spacial score (nSPS) is 12.6. The predicted octanol–water partition coefficient (Wildman–Crippen LogP) is 20.5. The zero-order chi connectivity index (χ0) is 50.2. The molecule has 0 amide bonds. The summed E-state index contributed by atoms with van der Waals surface area (Å²) in [7, 11) is 0. The van der Waals surface area contributed by atoms with E-state index in [1.165, 1.54) is 75.8 Å². The standard InChI is InChI=1S/C73H47NOS/c1-3-18-55(19-4-1)73(56-20-5-2-6-21-56)66-26-11-7-23-60(66)64-45-52(35-42-67(64)73)50-16-15-17-54(44-50)59-22-8-12-27-68(59)74(57-37-30-48(31-38-57)51-36-43-70-65(46-51)61-24-9-13-28-69(61)75-70)58-39-32-49(33-40-58)53-34-41-63-62-25-10-14-29-71(62)76-72(63)47-53/h1-47H. The van der Waals surface area contributed by atoms with Crippen LogP contribution >= 0.6 is 11.3 Å². The van der Waals surface area contributed by atoms with E-state index in [2.05, 4.69) is 278 Å². The quantitative estimate of drug-likeness (QED) is 0.143. The minimum atomic E-state index is -0.442. The third-order valence-electron chi connectivity index (χ3n) is 15.8. The molecule has 0 bridgehead atoms. The summed E-state index contributed by atoms with van der Waals surface area (Å²) in [6.07, 6.45) is 0. The monoisotopic (exact) mass is 985 g/mol. The van der Waals surface area contributed by atoms with Gasteiger partial charge in [-0.3, -0.25) is 0 Å². The highest BCUT2D eigenvalue weighted by atomic mass is 32.1. The van der Waals surface area contributed by atoms with Gasteiger partial charge in [0.1, 0.15) is 11.2 Å². The van der Waals surface area contributed by atoms with Gasteiger partial charge in [-0.2, -0.15) is 0 Å². The maximum absolute atomic E-state index is 6.20. The zero-order valence-electron chi connectivity index (χ0n) is 41.4. The van der Waals surface area contributed by atoms with Crippen LogP contribution in [0.25, 0.3) is 97.7 Å². The number of hydrogen-bond acceptors (Lipinski definition) is 3. The first-order chi connectivity index (χ1) is 37.7. The average Bonchev–Trinajstić information content (AvgIpc) is 4.20. The van der Waals surface area contributed by atoms with Gasteiger partial charge in [0, 0.05) is 47.9 Å². The Labute approximate surface area is 445 Å². The van der Waals surface area contributed by atoms with E-state index in [1.54, 1.807) is 0 Å². The van der Waals surface area contributed by atoms with Crippen molar-refractivity contribution < 1.29 is 4.42 Å². The minimum absolute atomic E-state index is 0.442. The molecule has 2 heterocycles. The molecule has 0 unspecified atom stereocenters. The maximum Gasteiger partial charge on any atom is 0.135 e. The molecular formula is C73H47NOS. The van der Waals surface area contributed by atoms with Gasteiger partial charge in [-0.25, -0.2) is 0 Å². The van der Waals surface area contributed by atoms with Crippen LogP contribution in [0.5, 0.6) is 0 Å². The van der Waals surface area contributed by atoms with E-state index in [1.807, 2.05) is 23.5 Å². The van der Waals surface area contributed by atoms with Crippen LogP contribution in [0.4, 0.5) is 17.1 Å². The lowest BCUT2D eigenvalue weighted by Gasteiger charge is -2.33. The van der Waals surface area contributed by atoms with Crippen molar-refractivity contribution in [3.63, 3.8) is 0 Å². The van der Waals surface area contributed by atoms with Crippen molar-refractivity contribution in [2.24, 2.45) is 0 Å². The first-order valence-electron chi connectivity index (χ1n) is 26.0. The molecule has 2 aromatic heterocycles. The largest absolute Gasteiger partial charge is 0.456 e.